The largest absolute Gasteiger partial charge is 0.461 e. The second-order valence-electron chi connectivity index (χ2n) is 13.2. The van der Waals surface area contributed by atoms with Crippen LogP contribution in [0.4, 0.5) is 0 Å². The molecule has 3 amide bonds. The van der Waals surface area contributed by atoms with Gasteiger partial charge < -0.3 is 20.7 Å². The van der Waals surface area contributed by atoms with Gasteiger partial charge in [0.05, 0.1) is 5.52 Å². The summed E-state index contributed by atoms with van der Waals surface area (Å²) in [4.78, 5) is 58.6. The van der Waals surface area contributed by atoms with Crippen molar-refractivity contribution in [1.29, 1.82) is 0 Å². The number of amides is 3. The Labute approximate surface area is 298 Å². The van der Waals surface area contributed by atoms with Crippen molar-refractivity contribution in [1.82, 2.24) is 15.2 Å². The smallest absolute Gasteiger partial charge is 0.306 e. The molecular weight excluding hydrogens is 628 g/mol. The number of primary amides is 1. The number of fused-ring (bicyclic) bond motifs is 1. The Bertz CT molecular complexity index is 1460. The van der Waals surface area contributed by atoms with Gasteiger partial charge >= 0.3 is 5.97 Å². The van der Waals surface area contributed by atoms with Gasteiger partial charge in [0, 0.05) is 30.8 Å². The summed E-state index contributed by atoms with van der Waals surface area (Å²) >= 11 is 0. The lowest BCUT2D eigenvalue weighted by molar-refractivity contribution is -0.145. The normalized spacial score (nSPS) is 12.3. The highest BCUT2D eigenvalue weighted by atomic mass is 16.5. The van der Waals surface area contributed by atoms with Crippen molar-refractivity contribution in [3.63, 3.8) is 0 Å². The fourth-order valence-electron chi connectivity index (χ4n) is 6.34. The van der Waals surface area contributed by atoms with E-state index in [1.165, 1.54) is 56.3 Å². The van der Waals surface area contributed by atoms with E-state index < -0.39 is 18.0 Å². The van der Waals surface area contributed by atoms with Crippen molar-refractivity contribution in [2.45, 2.75) is 135 Å². The average Bonchev–Trinajstić information content (AvgIpc) is 3.12. The molecule has 9 heteroatoms. The number of pyridine rings is 1. The molecule has 3 N–H and O–H groups in total. The number of rotatable bonds is 25. The zero-order valence-electron chi connectivity index (χ0n) is 30.2. The van der Waals surface area contributed by atoms with Gasteiger partial charge in [-0.15, -0.1) is 0 Å². The first kappa shape index (κ1) is 40.2. The van der Waals surface area contributed by atoms with Crippen LogP contribution < -0.4 is 11.1 Å². The number of aromatic nitrogens is 1. The number of esters is 1. The summed E-state index contributed by atoms with van der Waals surface area (Å²) < 4.78 is 5.45. The fraction of sp³-hybridized carbons (Fsp3) is 0.537. The van der Waals surface area contributed by atoms with E-state index in [1.54, 1.807) is 6.07 Å². The van der Waals surface area contributed by atoms with E-state index in [-0.39, 0.29) is 55.9 Å². The molecule has 272 valence electrons. The van der Waals surface area contributed by atoms with Crippen molar-refractivity contribution in [2.75, 3.05) is 6.54 Å². The van der Waals surface area contributed by atoms with Gasteiger partial charge in [-0.05, 0) is 43.9 Å². The lowest BCUT2D eigenvalue weighted by Crippen LogP contribution is -2.52. The number of nitrogens with one attached hydrogen (secondary N) is 1. The van der Waals surface area contributed by atoms with Crippen molar-refractivity contribution >= 4 is 34.6 Å². The molecule has 0 spiro atoms. The first-order valence-electron chi connectivity index (χ1n) is 18.8. The van der Waals surface area contributed by atoms with E-state index in [2.05, 4.69) is 17.2 Å². The van der Waals surface area contributed by atoms with Crippen LogP contribution in [0.3, 0.4) is 0 Å². The van der Waals surface area contributed by atoms with Crippen LogP contribution in [0.2, 0.25) is 0 Å². The number of benzene rings is 2. The standard InChI is InChI=1S/C41H58N4O5/c1-3-5-6-7-8-9-10-11-12-13-17-24-34(30-38(42)46)43-40(48)37(26-20-27-39(47)50-31-32-21-15-14-16-22-32)45(4-2)41(49)36-29-28-33-23-18-19-25-35(33)44-36/h14-16,18-19,21-23,25,28-29,34,37H,3-13,17,20,24,26-27,30-31H2,1-2H3,(H2,42,46)(H,43,48)/t34-,37-/m0/s1. The molecule has 50 heavy (non-hydrogen) atoms. The summed E-state index contributed by atoms with van der Waals surface area (Å²) in [5.74, 6) is -1.60. The third kappa shape index (κ3) is 14.7. The molecule has 9 nitrogen and oxygen atoms in total. The van der Waals surface area contributed by atoms with Crippen LogP contribution in [0.25, 0.3) is 10.9 Å². The SMILES string of the molecule is CCCCCCCCCCCCC[C@@H](CC(N)=O)NC(=O)[C@H](CCCC(=O)OCc1ccccc1)N(CC)C(=O)c1ccc2ccccc2n1. The van der Waals surface area contributed by atoms with Crippen LogP contribution in [0.1, 0.15) is 133 Å². The van der Waals surface area contributed by atoms with E-state index in [1.807, 2.05) is 67.6 Å². The molecule has 0 unspecified atom stereocenters. The molecule has 0 aliphatic carbocycles. The van der Waals surface area contributed by atoms with Gasteiger partial charge in [-0.1, -0.05) is 132 Å². The van der Waals surface area contributed by atoms with Crippen LogP contribution in [0.5, 0.6) is 0 Å². The molecule has 0 fully saturated rings. The summed E-state index contributed by atoms with van der Waals surface area (Å²) in [6.07, 6.45) is 14.6. The number of hydrogen-bond acceptors (Lipinski definition) is 6. The Morgan fingerprint density at radius 3 is 2.06 bits per heavy atom. The number of likely N-dealkylation sites (N-methyl/N-ethyl adjacent to an activating group) is 1. The minimum absolute atomic E-state index is 0.0222. The number of ether oxygens (including phenoxy) is 1. The van der Waals surface area contributed by atoms with Gasteiger partial charge in [-0.25, -0.2) is 4.98 Å². The average molecular weight is 687 g/mol. The number of nitrogens with two attached hydrogens (primary N) is 1. The Kier molecular flexibility index (Phi) is 18.6. The fourth-order valence-corrected chi connectivity index (χ4v) is 6.34. The number of unbranched alkanes of at least 4 members (excludes halogenated alkanes) is 10. The summed E-state index contributed by atoms with van der Waals surface area (Å²) in [6.45, 7) is 4.48. The van der Waals surface area contributed by atoms with Crippen LogP contribution in [0, 0.1) is 0 Å². The van der Waals surface area contributed by atoms with Crippen LogP contribution in [0.15, 0.2) is 66.7 Å². The molecule has 3 rings (SSSR count). The zero-order chi connectivity index (χ0) is 36.0. The lowest BCUT2D eigenvalue weighted by atomic mass is 10.0. The highest BCUT2D eigenvalue weighted by Crippen LogP contribution is 2.19. The summed E-state index contributed by atoms with van der Waals surface area (Å²) in [5.41, 5.74) is 7.41. The molecule has 2 atom stereocenters. The van der Waals surface area contributed by atoms with Crippen LogP contribution in [-0.4, -0.2) is 52.2 Å². The topological polar surface area (TPSA) is 132 Å². The maximum absolute atomic E-state index is 14.0. The number of carbonyl (C=O) groups is 4. The third-order valence-corrected chi connectivity index (χ3v) is 9.15. The molecule has 0 saturated carbocycles. The summed E-state index contributed by atoms with van der Waals surface area (Å²) in [5, 5.41) is 3.96. The Morgan fingerprint density at radius 2 is 1.40 bits per heavy atom. The predicted molar refractivity (Wildman–Crippen MR) is 199 cm³/mol. The van der Waals surface area contributed by atoms with Gasteiger partial charge in [0.25, 0.3) is 5.91 Å². The third-order valence-electron chi connectivity index (χ3n) is 9.15. The molecule has 0 bridgehead atoms. The van der Waals surface area contributed by atoms with Crippen molar-refractivity contribution in [3.8, 4) is 0 Å². The molecule has 0 aliphatic heterocycles. The molecule has 0 radical (unpaired) electrons. The lowest BCUT2D eigenvalue weighted by Gasteiger charge is -2.31. The van der Waals surface area contributed by atoms with Gasteiger partial charge in [0.15, 0.2) is 0 Å². The van der Waals surface area contributed by atoms with Gasteiger partial charge in [-0.2, -0.15) is 0 Å². The van der Waals surface area contributed by atoms with E-state index in [4.69, 9.17) is 10.5 Å². The molecule has 2 aromatic carbocycles. The first-order chi connectivity index (χ1) is 24.3. The molecule has 1 aromatic heterocycles. The van der Waals surface area contributed by atoms with E-state index in [0.717, 1.165) is 30.2 Å². The Balaban J connectivity index is 1.63. The summed E-state index contributed by atoms with van der Waals surface area (Å²) in [6, 6.07) is 19.2. The number of para-hydroxylation sites is 1. The quantitative estimate of drug-likeness (QED) is 0.0685. The zero-order valence-corrected chi connectivity index (χ0v) is 30.2. The first-order valence-corrected chi connectivity index (χ1v) is 18.8. The number of hydrogen-bond donors (Lipinski definition) is 2. The highest BCUT2D eigenvalue weighted by molar-refractivity contribution is 5.98. The van der Waals surface area contributed by atoms with E-state index in [0.29, 0.717) is 18.4 Å². The van der Waals surface area contributed by atoms with Crippen molar-refractivity contribution in [2.24, 2.45) is 5.73 Å². The predicted octanol–water partition coefficient (Wildman–Crippen LogP) is 8.04. The molecule has 0 aliphatic rings. The summed E-state index contributed by atoms with van der Waals surface area (Å²) in [7, 11) is 0. The Hall–Kier alpha value is -4.27. The number of carbonyl (C=O) groups excluding carboxylic acids is 4. The second-order valence-corrected chi connectivity index (χ2v) is 13.2. The molecule has 3 aromatic rings. The van der Waals surface area contributed by atoms with Gasteiger partial charge in [0.2, 0.25) is 11.8 Å². The minimum atomic E-state index is -0.879. The Morgan fingerprint density at radius 1 is 0.760 bits per heavy atom. The highest BCUT2D eigenvalue weighted by Gasteiger charge is 2.31. The minimum Gasteiger partial charge on any atom is -0.461 e. The van der Waals surface area contributed by atoms with Crippen molar-refractivity contribution in [3.05, 3.63) is 78.0 Å². The van der Waals surface area contributed by atoms with Crippen LogP contribution >= 0.6 is 0 Å². The maximum atomic E-state index is 14.0. The monoisotopic (exact) mass is 686 g/mol. The second kappa shape index (κ2) is 23.2. The molecule has 1 heterocycles. The van der Waals surface area contributed by atoms with E-state index >= 15 is 0 Å². The molecule has 0 saturated heterocycles. The van der Waals surface area contributed by atoms with Crippen LogP contribution in [-0.2, 0) is 25.7 Å². The number of nitrogens with zero attached hydrogens (tertiary/aromatic N) is 2. The maximum Gasteiger partial charge on any atom is 0.306 e. The van der Waals surface area contributed by atoms with Crippen molar-refractivity contribution < 1.29 is 23.9 Å². The van der Waals surface area contributed by atoms with E-state index in [9.17, 15) is 19.2 Å². The van der Waals surface area contributed by atoms with Gasteiger partial charge in [-0.3, -0.25) is 19.2 Å². The van der Waals surface area contributed by atoms with Gasteiger partial charge in [0.1, 0.15) is 18.3 Å². The molecular formula is C41H58N4O5.